The van der Waals surface area contributed by atoms with Crippen LogP contribution in [0.5, 0.6) is 0 Å². The van der Waals surface area contributed by atoms with E-state index in [0.717, 1.165) is 10.9 Å². The maximum absolute atomic E-state index is 10.6. The highest BCUT2D eigenvalue weighted by atomic mass is 16.2. The number of hydrogen-bond donors (Lipinski definition) is 2. The molecule has 0 atom stereocenters. The van der Waals surface area contributed by atoms with Crippen LogP contribution in [0.3, 0.4) is 0 Å². The number of amides is 2. The van der Waals surface area contributed by atoms with E-state index in [1.54, 1.807) is 18.3 Å². The SMILES string of the molecule is NC(=O)Nc1ccc2cncnc2c1. The lowest BCUT2D eigenvalue weighted by Gasteiger charge is -2.02. The Labute approximate surface area is 80.0 Å². The highest BCUT2D eigenvalue weighted by molar-refractivity contribution is 5.91. The summed E-state index contributed by atoms with van der Waals surface area (Å²) in [7, 11) is 0. The van der Waals surface area contributed by atoms with E-state index in [4.69, 9.17) is 5.73 Å². The highest BCUT2D eigenvalue weighted by Crippen LogP contribution is 2.15. The van der Waals surface area contributed by atoms with E-state index in [0.29, 0.717) is 5.69 Å². The number of rotatable bonds is 1. The molecule has 0 radical (unpaired) electrons. The Morgan fingerprint density at radius 1 is 1.43 bits per heavy atom. The molecule has 1 aromatic carbocycles. The van der Waals surface area contributed by atoms with Crippen molar-refractivity contribution in [3.63, 3.8) is 0 Å². The van der Waals surface area contributed by atoms with Crippen molar-refractivity contribution in [2.45, 2.75) is 0 Å². The molecule has 3 N–H and O–H groups in total. The largest absolute Gasteiger partial charge is 0.351 e. The van der Waals surface area contributed by atoms with Crippen LogP contribution >= 0.6 is 0 Å². The first-order valence-electron chi connectivity index (χ1n) is 4.02. The van der Waals surface area contributed by atoms with Crippen LogP contribution < -0.4 is 11.1 Å². The van der Waals surface area contributed by atoms with Crippen molar-refractivity contribution in [1.29, 1.82) is 0 Å². The van der Waals surface area contributed by atoms with Gasteiger partial charge >= 0.3 is 6.03 Å². The normalized spacial score (nSPS) is 10.0. The van der Waals surface area contributed by atoms with Gasteiger partial charge in [-0.1, -0.05) is 0 Å². The molecule has 14 heavy (non-hydrogen) atoms. The van der Waals surface area contributed by atoms with Crippen molar-refractivity contribution in [2.24, 2.45) is 5.73 Å². The summed E-state index contributed by atoms with van der Waals surface area (Å²) >= 11 is 0. The van der Waals surface area contributed by atoms with Crippen LogP contribution in [0.4, 0.5) is 10.5 Å². The van der Waals surface area contributed by atoms with E-state index in [1.807, 2.05) is 6.07 Å². The van der Waals surface area contributed by atoms with Gasteiger partial charge in [-0.25, -0.2) is 14.8 Å². The number of fused-ring (bicyclic) bond motifs is 1. The Kier molecular flexibility index (Phi) is 1.98. The van der Waals surface area contributed by atoms with Crippen LogP contribution in [0.15, 0.2) is 30.7 Å². The second kappa shape index (κ2) is 3.29. The van der Waals surface area contributed by atoms with Crippen molar-refractivity contribution >= 4 is 22.6 Å². The van der Waals surface area contributed by atoms with E-state index >= 15 is 0 Å². The first-order chi connectivity index (χ1) is 6.75. The van der Waals surface area contributed by atoms with Gasteiger partial charge in [-0.3, -0.25) is 0 Å². The fraction of sp³-hybridized carbons (Fsp3) is 0. The maximum atomic E-state index is 10.6. The van der Waals surface area contributed by atoms with Gasteiger partial charge < -0.3 is 11.1 Å². The molecular weight excluding hydrogens is 180 g/mol. The molecule has 2 rings (SSSR count). The minimum Gasteiger partial charge on any atom is -0.351 e. The van der Waals surface area contributed by atoms with Crippen molar-refractivity contribution < 1.29 is 4.79 Å². The van der Waals surface area contributed by atoms with Gasteiger partial charge in [-0.15, -0.1) is 0 Å². The molecule has 0 fully saturated rings. The van der Waals surface area contributed by atoms with Gasteiger partial charge in [0.25, 0.3) is 0 Å². The summed E-state index contributed by atoms with van der Waals surface area (Å²) < 4.78 is 0. The first-order valence-corrected chi connectivity index (χ1v) is 4.02. The van der Waals surface area contributed by atoms with E-state index in [1.165, 1.54) is 6.33 Å². The molecule has 1 heterocycles. The molecule has 5 nitrogen and oxygen atoms in total. The number of primary amides is 1. The molecule has 0 saturated carbocycles. The molecule has 0 aliphatic heterocycles. The smallest absolute Gasteiger partial charge is 0.316 e. The molecule has 5 heteroatoms. The Morgan fingerprint density at radius 3 is 3.07 bits per heavy atom. The summed E-state index contributed by atoms with van der Waals surface area (Å²) in [5.41, 5.74) is 6.38. The predicted molar refractivity (Wildman–Crippen MR) is 52.7 cm³/mol. The number of carbonyl (C=O) groups is 1. The summed E-state index contributed by atoms with van der Waals surface area (Å²) in [5, 5.41) is 3.39. The number of nitrogens with one attached hydrogen (secondary N) is 1. The molecule has 1 aromatic heterocycles. The van der Waals surface area contributed by atoms with Gasteiger partial charge in [0, 0.05) is 17.3 Å². The van der Waals surface area contributed by atoms with Crippen LogP contribution in [-0.2, 0) is 0 Å². The number of anilines is 1. The van der Waals surface area contributed by atoms with E-state index in [2.05, 4.69) is 15.3 Å². The van der Waals surface area contributed by atoms with Crippen molar-refractivity contribution in [1.82, 2.24) is 9.97 Å². The van der Waals surface area contributed by atoms with Crippen molar-refractivity contribution in [3.8, 4) is 0 Å². The van der Waals surface area contributed by atoms with Crippen LogP contribution in [0.25, 0.3) is 10.9 Å². The average Bonchev–Trinajstić information content (AvgIpc) is 2.17. The third-order valence-corrected chi connectivity index (χ3v) is 1.78. The van der Waals surface area contributed by atoms with Gasteiger partial charge in [-0.05, 0) is 18.2 Å². The Hall–Kier alpha value is -2.17. The topological polar surface area (TPSA) is 80.9 Å². The van der Waals surface area contributed by atoms with E-state index < -0.39 is 6.03 Å². The Balaban J connectivity index is 2.46. The standard InChI is InChI=1S/C9H8N4O/c10-9(14)13-7-2-1-6-4-11-5-12-8(6)3-7/h1-5H,(H3,10,13,14). The molecule has 70 valence electrons. The summed E-state index contributed by atoms with van der Waals surface area (Å²) in [6.45, 7) is 0. The second-order valence-corrected chi connectivity index (χ2v) is 2.79. The number of urea groups is 1. The monoisotopic (exact) mass is 188 g/mol. The zero-order chi connectivity index (χ0) is 9.97. The molecule has 0 aliphatic rings. The molecule has 0 unspecified atom stereocenters. The van der Waals surface area contributed by atoms with Crippen molar-refractivity contribution in [3.05, 3.63) is 30.7 Å². The molecule has 0 saturated heterocycles. The summed E-state index contributed by atoms with van der Waals surface area (Å²) in [6, 6.07) is 4.72. The lowest BCUT2D eigenvalue weighted by atomic mass is 10.2. The number of nitrogens with two attached hydrogens (primary N) is 1. The van der Waals surface area contributed by atoms with E-state index in [9.17, 15) is 4.79 Å². The van der Waals surface area contributed by atoms with Gasteiger partial charge in [0.15, 0.2) is 0 Å². The molecule has 0 spiro atoms. The third kappa shape index (κ3) is 1.61. The minimum atomic E-state index is -0.585. The van der Waals surface area contributed by atoms with Gasteiger partial charge in [0.2, 0.25) is 0 Å². The summed E-state index contributed by atoms with van der Waals surface area (Å²) in [6.07, 6.45) is 3.16. The minimum absolute atomic E-state index is 0.585. The third-order valence-electron chi connectivity index (χ3n) is 1.78. The number of hydrogen-bond acceptors (Lipinski definition) is 3. The molecule has 0 aliphatic carbocycles. The molecular formula is C9H8N4O. The number of nitrogens with zero attached hydrogens (tertiary/aromatic N) is 2. The predicted octanol–water partition coefficient (Wildman–Crippen LogP) is 1.12. The fourth-order valence-electron chi connectivity index (χ4n) is 1.19. The zero-order valence-electron chi connectivity index (χ0n) is 7.27. The second-order valence-electron chi connectivity index (χ2n) is 2.79. The molecule has 2 amide bonds. The van der Waals surface area contributed by atoms with Crippen LogP contribution in [-0.4, -0.2) is 16.0 Å². The zero-order valence-corrected chi connectivity index (χ0v) is 7.27. The number of benzene rings is 1. The fourth-order valence-corrected chi connectivity index (χ4v) is 1.19. The Morgan fingerprint density at radius 2 is 2.29 bits per heavy atom. The van der Waals surface area contributed by atoms with Crippen LogP contribution in [0.2, 0.25) is 0 Å². The lowest BCUT2D eigenvalue weighted by Crippen LogP contribution is -2.19. The van der Waals surface area contributed by atoms with Gasteiger partial charge in [-0.2, -0.15) is 0 Å². The number of aromatic nitrogens is 2. The van der Waals surface area contributed by atoms with Crippen LogP contribution in [0, 0.1) is 0 Å². The maximum Gasteiger partial charge on any atom is 0.316 e. The van der Waals surface area contributed by atoms with E-state index in [-0.39, 0.29) is 0 Å². The van der Waals surface area contributed by atoms with Crippen molar-refractivity contribution in [2.75, 3.05) is 5.32 Å². The van der Waals surface area contributed by atoms with Gasteiger partial charge in [0.05, 0.1) is 5.52 Å². The van der Waals surface area contributed by atoms with Crippen LogP contribution in [0.1, 0.15) is 0 Å². The number of carbonyl (C=O) groups excluding carboxylic acids is 1. The lowest BCUT2D eigenvalue weighted by molar-refractivity contribution is 0.259. The molecule has 0 bridgehead atoms. The highest BCUT2D eigenvalue weighted by Gasteiger charge is 1.98. The summed E-state index contributed by atoms with van der Waals surface area (Å²) in [5.74, 6) is 0. The Bertz CT molecular complexity index is 483. The quantitative estimate of drug-likeness (QED) is 0.703. The van der Waals surface area contributed by atoms with Gasteiger partial charge in [0.1, 0.15) is 6.33 Å². The first kappa shape index (κ1) is 8.43. The molecule has 2 aromatic rings. The average molecular weight is 188 g/mol. The summed E-state index contributed by atoms with van der Waals surface area (Å²) in [4.78, 5) is 18.5.